The number of nitro groups is 1. The number of thiocarbonyl (C=S) groups is 1. The largest absolute Gasteiger partial charge is 0.308 e. The first-order chi connectivity index (χ1) is 12.3. The summed E-state index contributed by atoms with van der Waals surface area (Å²) in [7, 11) is 0. The second kappa shape index (κ2) is 7.32. The van der Waals surface area contributed by atoms with Gasteiger partial charge in [-0.15, -0.1) is 0 Å². The van der Waals surface area contributed by atoms with Crippen molar-refractivity contribution in [3.63, 3.8) is 0 Å². The molecule has 0 fully saturated rings. The van der Waals surface area contributed by atoms with Gasteiger partial charge in [-0.3, -0.25) is 20.2 Å². The Morgan fingerprint density at radius 3 is 2.77 bits per heavy atom. The fourth-order valence-electron chi connectivity index (χ4n) is 2.26. The zero-order valence-corrected chi connectivity index (χ0v) is 15.7. The topological polar surface area (TPSA) is 97.2 Å². The van der Waals surface area contributed by atoms with Crippen LogP contribution in [0.1, 0.15) is 15.9 Å². The molecule has 0 atom stereocenters. The summed E-state index contributed by atoms with van der Waals surface area (Å²) in [6, 6.07) is 9.43. The molecule has 0 radical (unpaired) electrons. The summed E-state index contributed by atoms with van der Waals surface area (Å²) in [6.45, 7) is 1.57. The van der Waals surface area contributed by atoms with Gasteiger partial charge in [0.1, 0.15) is 0 Å². The van der Waals surface area contributed by atoms with Crippen LogP contribution in [0.4, 0.5) is 10.8 Å². The molecule has 7 nitrogen and oxygen atoms in total. The lowest BCUT2D eigenvalue weighted by Gasteiger charge is -2.07. The molecule has 1 aromatic heterocycles. The number of amides is 1. The Morgan fingerprint density at radius 2 is 2.08 bits per heavy atom. The molecule has 1 amide bonds. The highest BCUT2D eigenvalue weighted by molar-refractivity contribution is 7.80. The van der Waals surface area contributed by atoms with Crippen LogP contribution in [0.25, 0.3) is 10.2 Å². The number of hydrogen-bond donors (Lipinski definition) is 2. The third-order valence-electron chi connectivity index (χ3n) is 3.45. The molecule has 0 saturated heterocycles. The molecular weight excluding hydrogens is 396 g/mol. The summed E-state index contributed by atoms with van der Waals surface area (Å²) in [4.78, 5) is 26.9. The number of carbonyl (C=O) groups is 1. The molecule has 2 N–H and O–H groups in total. The number of nitro benzene ring substituents is 1. The molecule has 26 heavy (non-hydrogen) atoms. The lowest BCUT2D eigenvalue weighted by molar-refractivity contribution is -0.385. The maximum atomic E-state index is 12.3. The first kappa shape index (κ1) is 18.2. The van der Waals surface area contributed by atoms with Crippen LogP contribution in [0, 0.1) is 17.0 Å². The van der Waals surface area contributed by atoms with Crippen molar-refractivity contribution in [2.45, 2.75) is 6.92 Å². The van der Waals surface area contributed by atoms with Crippen LogP contribution in [0.3, 0.4) is 0 Å². The average molecular weight is 407 g/mol. The second-order valence-corrected chi connectivity index (χ2v) is 7.17. The van der Waals surface area contributed by atoms with E-state index < -0.39 is 10.8 Å². The number of thiazole rings is 1. The number of fused-ring (bicyclic) bond motifs is 1. The van der Waals surface area contributed by atoms with Gasteiger partial charge in [0.05, 0.1) is 15.1 Å². The first-order valence-corrected chi connectivity index (χ1v) is 8.87. The number of nitrogens with zero attached hydrogens (tertiary/aromatic N) is 2. The van der Waals surface area contributed by atoms with E-state index in [1.54, 1.807) is 25.1 Å². The zero-order chi connectivity index (χ0) is 18.8. The number of anilines is 1. The highest BCUT2D eigenvalue weighted by atomic mass is 35.5. The lowest BCUT2D eigenvalue weighted by Crippen LogP contribution is -2.34. The minimum Gasteiger partial charge on any atom is -0.308 e. The van der Waals surface area contributed by atoms with Crippen molar-refractivity contribution >= 4 is 67.2 Å². The number of halogens is 1. The monoisotopic (exact) mass is 406 g/mol. The molecule has 0 saturated carbocycles. The van der Waals surface area contributed by atoms with Crippen molar-refractivity contribution in [1.82, 2.24) is 10.3 Å². The second-order valence-electron chi connectivity index (χ2n) is 5.30. The predicted molar refractivity (Wildman–Crippen MR) is 106 cm³/mol. The highest BCUT2D eigenvalue weighted by Crippen LogP contribution is 2.28. The SMILES string of the molecule is Cc1cc(C(=O)NC(=S)Nc2nc3ccc(Cl)cc3s2)ccc1[N+](=O)[O-]. The third-order valence-corrected chi connectivity index (χ3v) is 4.83. The van der Waals surface area contributed by atoms with E-state index >= 15 is 0 Å². The minimum absolute atomic E-state index is 0.0459. The standard InChI is InChI=1S/C16H11ClN4O3S2/c1-8-6-9(2-5-12(8)21(23)24)14(22)19-15(25)20-16-18-11-4-3-10(17)7-13(11)26-16/h2-7H,1H3,(H2,18,19,20,22,25). The number of nitrogens with one attached hydrogen (secondary N) is 2. The van der Waals surface area contributed by atoms with Gasteiger partial charge in [0.2, 0.25) is 0 Å². The van der Waals surface area contributed by atoms with Gasteiger partial charge in [-0.05, 0) is 49.5 Å². The number of benzene rings is 2. The number of aryl methyl sites for hydroxylation is 1. The van der Waals surface area contributed by atoms with Crippen molar-refractivity contribution in [3.8, 4) is 0 Å². The number of aromatic nitrogens is 1. The molecule has 132 valence electrons. The quantitative estimate of drug-likeness (QED) is 0.382. The van der Waals surface area contributed by atoms with E-state index in [0.29, 0.717) is 15.7 Å². The van der Waals surface area contributed by atoms with Crippen LogP contribution in [-0.4, -0.2) is 20.9 Å². The molecule has 10 heteroatoms. The first-order valence-electron chi connectivity index (χ1n) is 7.27. The van der Waals surface area contributed by atoms with Gasteiger partial charge in [0, 0.05) is 22.2 Å². The van der Waals surface area contributed by atoms with Crippen LogP contribution in [0.5, 0.6) is 0 Å². The molecule has 3 rings (SSSR count). The Bertz CT molecular complexity index is 1050. The van der Waals surface area contributed by atoms with E-state index in [0.717, 1.165) is 10.2 Å². The Labute approximate surface area is 162 Å². The molecule has 0 aliphatic heterocycles. The molecular formula is C16H11ClN4O3S2. The summed E-state index contributed by atoms with van der Waals surface area (Å²) in [5.74, 6) is -0.468. The zero-order valence-electron chi connectivity index (χ0n) is 13.3. The van der Waals surface area contributed by atoms with E-state index in [-0.39, 0.29) is 16.4 Å². The maximum Gasteiger partial charge on any atom is 0.272 e. The van der Waals surface area contributed by atoms with Gasteiger partial charge in [-0.25, -0.2) is 4.98 Å². The van der Waals surface area contributed by atoms with E-state index in [4.69, 9.17) is 23.8 Å². The molecule has 2 aromatic carbocycles. The fraction of sp³-hybridized carbons (Fsp3) is 0.0625. The van der Waals surface area contributed by atoms with E-state index in [9.17, 15) is 14.9 Å². The van der Waals surface area contributed by atoms with Gasteiger partial charge in [-0.2, -0.15) is 0 Å². The van der Waals surface area contributed by atoms with Crippen molar-refractivity contribution in [2.75, 3.05) is 5.32 Å². The van der Waals surface area contributed by atoms with Crippen molar-refractivity contribution in [3.05, 3.63) is 62.7 Å². The van der Waals surface area contributed by atoms with Crippen LogP contribution < -0.4 is 10.6 Å². The molecule has 0 aliphatic carbocycles. The number of carbonyl (C=O) groups excluding carboxylic acids is 1. The highest BCUT2D eigenvalue weighted by Gasteiger charge is 2.15. The molecule has 0 spiro atoms. The van der Waals surface area contributed by atoms with Gasteiger partial charge in [0.15, 0.2) is 10.2 Å². The van der Waals surface area contributed by atoms with Crippen molar-refractivity contribution < 1.29 is 9.72 Å². The molecule has 0 unspecified atom stereocenters. The summed E-state index contributed by atoms with van der Waals surface area (Å²) in [5.41, 5.74) is 1.38. The maximum absolute atomic E-state index is 12.3. The van der Waals surface area contributed by atoms with Crippen LogP contribution in [-0.2, 0) is 0 Å². The average Bonchev–Trinajstić information content (AvgIpc) is 2.95. The minimum atomic E-state index is -0.497. The molecule has 3 aromatic rings. The smallest absolute Gasteiger partial charge is 0.272 e. The van der Waals surface area contributed by atoms with Crippen molar-refractivity contribution in [2.24, 2.45) is 0 Å². The van der Waals surface area contributed by atoms with Crippen molar-refractivity contribution in [1.29, 1.82) is 0 Å². The summed E-state index contributed by atoms with van der Waals surface area (Å²) in [5, 5.41) is 17.4. The Hall–Kier alpha value is -2.62. The molecule has 1 heterocycles. The summed E-state index contributed by atoms with van der Waals surface area (Å²) in [6.07, 6.45) is 0. The van der Waals surface area contributed by atoms with Crippen LogP contribution in [0.2, 0.25) is 5.02 Å². The van der Waals surface area contributed by atoms with E-state index in [1.165, 1.54) is 29.5 Å². The normalized spacial score (nSPS) is 10.5. The summed E-state index contributed by atoms with van der Waals surface area (Å²) < 4.78 is 0.889. The number of rotatable bonds is 3. The van der Waals surface area contributed by atoms with Gasteiger partial charge in [0.25, 0.3) is 11.6 Å². The van der Waals surface area contributed by atoms with Crippen LogP contribution in [0.15, 0.2) is 36.4 Å². The number of hydrogen-bond acceptors (Lipinski definition) is 6. The third kappa shape index (κ3) is 3.96. The lowest BCUT2D eigenvalue weighted by atomic mass is 10.1. The molecule has 0 aliphatic rings. The van der Waals surface area contributed by atoms with Gasteiger partial charge >= 0.3 is 0 Å². The van der Waals surface area contributed by atoms with Gasteiger partial charge < -0.3 is 5.32 Å². The Kier molecular flexibility index (Phi) is 5.12. The van der Waals surface area contributed by atoms with Crippen LogP contribution >= 0.6 is 35.2 Å². The Balaban J connectivity index is 1.69. The van der Waals surface area contributed by atoms with E-state index in [2.05, 4.69) is 15.6 Å². The van der Waals surface area contributed by atoms with E-state index in [1.807, 2.05) is 0 Å². The summed E-state index contributed by atoms with van der Waals surface area (Å²) >= 11 is 12.4. The van der Waals surface area contributed by atoms with Gasteiger partial charge in [-0.1, -0.05) is 22.9 Å². The fourth-order valence-corrected chi connectivity index (χ4v) is 3.66. The molecule has 0 bridgehead atoms. The predicted octanol–water partition coefficient (Wildman–Crippen LogP) is 4.29. The Morgan fingerprint density at radius 1 is 1.31 bits per heavy atom.